The van der Waals surface area contributed by atoms with E-state index in [2.05, 4.69) is 5.32 Å². The van der Waals surface area contributed by atoms with Gasteiger partial charge in [0.25, 0.3) is 0 Å². The van der Waals surface area contributed by atoms with Crippen LogP contribution in [0, 0.1) is 17.6 Å². The van der Waals surface area contributed by atoms with Gasteiger partial charge in [0.05, 0.1) is 12.0 Å². The van der Waals surface area contributed by atoms with E-state index in [0.717, 1.165) is 32.1 Å². The van der Waals surface area contributed by atoms with E-state index < -0.39 is 17.7 Å². The van der Waals surface area contributed by atoms with E-state index in [0.29, 0.717) is 0 Å². The Morgan fingerprint density at radius 2 is 1.86 bits per heavy atom. The standard InChI is InChI=1S/C16H22F2N2O/c1-10(15-12(17)7-5-8-13(15)18)20-16(21)11-6-3-2-4-9-14(11)19/h5,7-8,10-11,14H,2-4,6,9,19H2,1H3,(H,20,21). The maximum atomic E-state index is 13.7. The van der Waals surface area contributed by atoms with Crippen molar-refractivity contribution in [2.45, 2.75) is 51.1 Å². The first-order valence-corrected chi connectivity index (χ1v) is 7.50. The molecule has 0 aliphatic heterocycles. The largest absolute Gasteiger partial charge is 0.349 e. The first-order chi connectivity index (χ1) is 10.0. The van der Waals surface area contributed by atoms with Crippen LogP contribution in [0.25, 0.3) is 0 Å². The second kappa shape index (κ2) is 6.98. The Morgan fingerprint density at radius 1 is 1.24 bits per heavy atom. The summed E-state index contributed by atoms with van der Waals surface area (Å²) in [6.07, 6.45) is 4.63. The number of nitrogens with one attached hydrogen (secondary N) is 1. The molecule has 3 unspecified atom stereocenters. The van der Waals surface area contributed by atoms with Gasteiger partial charge < -0.3 is 11.1 Å². The Kier molecular flexibility index (Phi) is 5.28. The number of benzene rings is 1. The van der Waals surface area contributed by atoms with Crippen LogP contribution in [0.5, 0.6) is 0 Å². The number of carbonyl (C=O) groups is 1. The molecule has 0 saturated heterocycles. The molecule has 1 aromatic rings. The number of amides is 1. The molecule has 1 fully saturated rings. The third kappa shape index (κ3) is 3.79. The lowest BCUT2D eigenvalue weighted by atomic mass is 9.94. The predicted octanol–water partition coefficient (Wildman–Crippen LogP) is 3.05. The highest BCUT2D eigenvalue weighted by atomic mass is 19.1. The quantitative estimate of drug-likeness (QED) is 0.842. The molecule has 3 nitrogen and oxygen atoms in total. The van der Waals surface area contributed by atoms with Crippen LogP contribution in [-0.2, 0) is 4.79 Å². The van der Waals surface area contributed by atoms with E-state index >= 15 is 0 Å². The Bertz CT molecular complexity index is 487. The van der Waals surface area contributed by atoms with Crippen LogP contribution >= 0.6 is 0 Å². The molecule has 1 aliphatic carbocycles. The van der Waals surface area contributed by atoms with Crippen molar-refractivity contribution in [1.29, 1.82) is 0 Å². The number of hydrogen-bond donors (Lipinski definition) is 2. The lowest BCUT2D eigenvalue weighted by Gasteiger charge is -2.23. The van der Waals surface area contributed by atoms with Crippen LogP contribution in [0.15, 0.2) is 18.2 Å². The van der Waals surface area contributed by atoms with Crippen molar-refractivity contribution in [3.8, 4) is 0 Å². The molecule has 1 saturated carbocycles. The van der Waals surface area contributed by atoms with Gasteiger partial charge in [0.2, 0.25) is 5.91 Å². The molecule has 1 aromatic carbocycles. The van der Waals surface area contributed by atoms with Crippen LogP contribution < -0.4 is 11.1 Å². The van der Waals surface area contributed by atoms with Crippen LogP contribution in [0.1, 0.15) is 50.6 Å². The zero-order chi connectivity index (χ0) is 15.4. The van der Waals surface area contributed by atoms with E-state index in [-0.39, 0.29) is 23.4 Å². The minimum Gasteiger partial charge on any atom is -0.349 e. The molecule has 0 spiro atoms. The molecule has 0 radical (unpaired) electrons. The van der Waals surface area contributed by atoms with Crippen molar-refractivity contribution in [3.05, 3.63) is 35.4 Å². The van der Waals surface area contributed by atoms with Crippen LogP contribution in [0.4, 0.5) is 8.78 Å². The molecular formula is C16H22F2N2O. The molecule has 1 amide bonds. The number of rotatable bonds is 3. The van der Waals surface area contributed by atoms with Crippen molar-refractivity contribution in [2.75, 3.05) is 0 Å². The van der Waals surface area contributed by atoms with Gasteiger partial charge in [0.15, 0.2) is 0 Å². The molecule has 0 aromatic heterocycles. The first-order valence-electron chi connectivity index (χ1n) is 7.50. The normalized spacial score (nSPS) is 24.2. The van der Waals surface area contributed by atoms with Crippen molar-refractivity contribution in [2.24, 2.45) is 11.7 Å². The van der Waals surface area contributed by atoms with Gasteiger partial charge in [-0.15, -0.1) is 0 Å². The molecule has 21 heavy (non-hydrogen) atoms. The van der Waals surface area contributed by atoms with Crippen LogP contribution in [-0.4, -0.2) is 11.9 Å². The average Bonchev–Trinajstić information content (AvgIpc) is 2.63. The van der Waals surface area contributed by atoms with Gasteiger partial charge in [-0.1, -0.05) is 25.3 Å². The average molecular weight is 296 g/mol. The highest BCUT2D eigenvalue weighted by Crippen LogP contribution is 2.25. The number of carbonyl (C=O) groups excluding carboxylic acids is 1. The van der Waals surface area contributed by atoms with Gasteiger partial charge in [-0.05, 0) is 31.9 Å². The fourth-order valence-corrected chi connectivity index (χ4v) is 2.98. The fraction of sp³-hybridized carbons (Fsp3) is 0.562. The lowest BCUT2D eigenvalue weighted by Crippen LogP contribution is -2.42. The molecular weight excluding hydrogens is 274 g/mol. The van der Waals surface area contributed by atoms with Crippen LogP contribution in [0.2, 0.25) is 0 Å². The third-order valence-corrected chi connectivity index (χ3v) is 4.20. The maximum absolute atomic E-state index is 13.7. The SMILES string of the molecule is CC(NC(=O)C1CCCCCC1N)c1c(F)cccc1F. The van der Waals surface area contributed by atoms with E-state index in [9.17, 15) is 13.6 Å². The summed E-state index contributed by atoms with van der Waals surface area (Å²) in [6.45, 7) is 1.58. The van der Waals surface area contributed by atoms with Crippen molar-refractivity contribution < 1.29 is 13.6 Å². The second-order valence-electron chi connectivity index (χ2n) is 5.77. The zero-order valence-electron chi connectivity index (χ0n) is 12.2. The molecule has 2 rings (SSSR count). The fourth-order valence-electron chi connectivity index (χ4n) is 2.98. The number of halogens is 2. The summed E-state index contributed by atoms with van der Waals surface area (Å²) in [4.78, 5) is 12.3. The maximum Gasteiger partial charge on any atom is 0.225 e. The van der Waals surface area contributed by atoms with E-state index in [4.69, 9.17) is 5.73 Å². The van der Waals surface area contributed by atoms with Crippen LogP contribution in [0.3, 0.4) is 0 Å². The summed E-state index contributed by atoms with van der Waals surface area (Å²) >= 11 is 0. The Labute approximate surface area is 123 Å². The van der Waals surface area contributed by atoms with Gasteiger partial charge in [0, 0.05) is 11.6 Å². The topological polar surface area (TPSA) is 55.1 Å². The van der Waals surface area contributed by atoms with Gasteiger partial charge >= 0.3 is 0 Å². The summed E-state index contributed by atoms with van der Waals surface area (Å²) < 4.78 is 27.4. The summed E-state index contributed by atoms with van der Waals surface area (Å²) in [7, 11) is 0. The Balaban J connectivity index is 2.08. The number of hydrogen-bond acceptors (Lipinski definition) is 2. The Hall–Kier alpha value is -1.49. The summed E-state index contributed by atoms with van der Waals surface area (Å²) in [6, 6.07) is 2.81. The van der Waals surface area contributed by atoms with Crippen molar-refractivity contribution >= 4 is 5.91 Å². The smallest absolute Gasteiger partial charge is 0.225 e. The van der Waals surface area contributed by atoms with E-state index in [1.807, 2.05) is 0 Å². The summed E-state index contributed by atoms with van der Waals surface area (Å²) in [5.74, 6) is -1.77. The number of nitrogens with two attached hydrogens (primary N) is 1. The third-order valence-electron chi connectivity index (χ3n) is 4.20. The molecule has 5 heteroatoms. The van der Waals surface area contributed by atoms with Crippen molar-refractivity contribution in [3.63, 3.8) is 0 Å². The molecule has 3 atom stereocenters. The zero-order valence-corrected chi connectivity index (χ0v) is 12.2. The summed E-state index contributed by atoms with van der Waals surface area (Å²) in [5, 5.41) is 2.71. The highest BCUT2D eigenvalue weighted by molar-refractivity contribution is 5.79. The monoisotopic (exact) mass is 296 g/mol. The summed E-state index contributed by atoms with van der Waals surface area (Å²) in [5.41, 5.74) is 5.94. The molecule has 0 heterocycles. The van der Waals surface area contributed by atoms with Crippen molar-refractivity contribution in [1.82, 2.24) is 5.32 Å². The molecule has 3 N–H and O–H groups in total. The van der Waals surface area contributed by atoms with Gasteiger partial charge in [-0.25, -0.2) is 8.78 Å². The predicted molar refractivity (Wildman–Crippen MR) is 77.5 cm³/mol. The highest BCUT2D eigenvalue weighted by Gasteiger charge is 2.28. The molecule has 116 valence electrons. The van der Waals surface area contributed by atoms with E-state index in [1.54, 1.807) is 6.92 Å². The van der Waals surface area contributed by atoms with Gasteiger partial charge in [-0.3, -0.25) is 4.79 Å². The minimum absolute atomic E-state index is 0.104. The van der Waals surface area contributed by atoms with E-state index in [1.165, 1.54) is 18.2 Å². The lowest BCUT2D eigenvalue weighted by molar-refractivity contribution is -0.126. The molecule has 0 bridgehead atoms. The Morgan fingerprint density at radius 3 is 2.52 bits per heavy atom. The second-order valence-corrected chi connectivity index (χ2v) is 5.77. The van der Waals surface area contributed by atoms with Gasteiger partial charge in [-0.2, -0.15) is 0 Å². The first kappa shape index (κ1) is 15.9. The minimum atomic E-state index is -0.714. The molecule has 1 aliphatic rings. The van der Waals surface area contributed by atoms with Gasteiger partial charge in [0.1, 0.15) is 11.6 Å².